The molecule has 1 aliphatic carbocycles. The zero-order valence-corrected chi connectivity index (χ0v) is 17.3. The summed E-state index contributed by atoms with van der Waals surface area (Å²) in [5, 5.41) is 14.5. The topological polar surface area (TPSA) is 32.3 Å². The van der Waals surface area contributed by atoms with Gasteiger partial charge in [0.15, 0.2) is 0 Å². The van der Waals surface area contributed by atoms with Crippen molar-refractivity contribution >= 4 is 12.4 Å². The third kappa shape index (κ3) is 3.30. The van der Waals surface area contributed by atoms with Crippen molar-refractivity contribution < 1.29 is 5.11 Å². The molecule has 150 valence electrons. The van der Waals surface area contributed by atoms with E-state index in [1.54, 1.807) is 0 Å². The largest absolute Gasteiger partial charge is 0.378 e. The van der Waals surface area contributed by atoms with Gasteiger partial charge in [0, 0.05) is 17.9 Å². The second-order valence-corrected chi connectivity index (χ2v) is 8.30. The molecule has 1 saturated carbocycles. The van der Waals surface area contributed by atoms with Crippen LogP contribution in [0.4, 0.5) is 0 Å². The fourth-order valence-corrected chi connectivity index (χ4v) is 5.96. The van der Waals surface area contributed by atoms with Crippen LogP contribution in [0, 0.1) is 11.8 Å². The smallest absolute Gasteiger partial charge is 0.109 e. The summed E-state index contributed by atoms with van der Waals surface area (Å²) in [4.78, 5) is 0. The van der Waals surface area contributed by atoms with Crippen molar-refractivity contribution in [2.45, 2.75) is 30.4 Å². The Morgan fingerprint density at radius 3 is 1.83 bits per heavy atom. The second-order valence-electron chi connectivity index (χ2n) is 8.30. The summed E-state index contributed by atoms with van der Waals surface area (Å²) in [5.41, 5.74) is 3.89. The van der Waals surface area contributed by atoms with Crippen LogP contribution in [0.2, 0.25) is 0 Å². The van der Waals surface area contributed by atoms with Crippen molar-refractivity contribution in [3.05, 3.63) is 108 Å². The van der Waals surface area contributed by atoms with E-state index in [0.717, 1.165) is 19.4 Å². The molecule has 4 unspecified atom stereocenters. The fraction of sp³-hybridized carbons (Fsp3) is 0.308. The van der Waals surface area contributed by atoms with Crippen LogP contribution in [0.15, 0.2) is 91.0 Å². The van der Waals surface area contributed by atoms with E-state index in [2.05, 4.69) is 96.3 Å². The average Bonchev–Trinajstić information content (AvgIpc) is 3.17. The lowest BCUT2D eigenvalue weighted by Gasteiger charge is -2.50. The van der Waals surface area contributed by atoms with Crippen molar-refractivity contribution in [3.8, 4) is 0 Å². The summed E-state index contributed by atoms with van der Waals surface area (Å²) in [7, 11) is 0. The van der Waals surface area contributed by atoms with Gasteiger partial charge in [0.1, 0.15) is 6.23 Å². The SMILES string of the molecule is Cl.OC1NCC2C(c3ccccc3)CCC(c3ccccc3)(c3ccccc3)C12. The number of rotatable bonds is 3. The Bertz CT molecular complexity index is 876. The quantitative estimate of drug-likeness (QED) is 0.633. The molecule has 2 nitrogen and oxygen atoms in total. The van der Waals surface area contributed by atoms with Crippen LogP contribution in [0.3, 0.4) is 0 Å². The van der Waals surface area contributed by atoms with Gasteiger partial charge in [0.25, 0.3) is 0 Å². The maximum absolute atomic E-state index is 11.1. The predicted molar refractivity (Wildman–Crippen MR) is 120 cm³/mol. The molecule has 0 bridgehead atoms. The van der Waals surface area contributed by atoms with Gasteiger partial charge in [0.2, 0.25) is 0 Å². The average molecular weight is 406 g/mol. The predicted octanol–water partition coefficient (Wildman–Crippen LogP) is 5.13. The molecule has 5 rings (SSSR count). The van der Waals surface area contributed by atoms with Crippen LogP contribution >= 0.6 is 12.4 Å². The Hall–Kier alpha value is -2.13. The number of hydrogen-bond acceptors (Lipinski definition) is 2. The Morgan fingerprint density at radius 1 is 0.759 bits per heavy atom. The van der Waals surface area contributed by atoms with Crippen LogP contribution in [0.5, 0.6) is 0 Å². The van der Waals surface area contributed by atoms with E-state index >= 15 is 0 Å². The second kappa shape index (κ2) is 8.31. The van der Waals surface area contributed by atoms with Gasteiger partial charge in [-0.1, -0.05) is 91.0 Å². The number of benzene rings is 3. The zero-order chi connectivity index (χ0) is 19.0. The van der Waals surface area contributed by atoms with Gasteiger partial charge in [-0.2, -0.15) is 0 Å². The molecule has 3 heteroatoms. The molecule has 4 atom stereocenters. The molecule has 1 saturated heterocycles. The third-order valence-electron chi connectivity index (χ3n) is 7.11. The van der Waals surface area contributed by atoms with Crippen molar-refractivity contribution in [2.24, 2.45) is 11.8 Å². The Kier molecular flexibility index (Phi) is 5.78. The van der Waals surface area contributed by atoms with Crippen molar-refractivity contribution in [3.63, 3.8) is 0 Å². The highest BCUT2D eigenvalue weighted by Crippen LogP contribution is 2.57. The molecule has 0 aromatic heterocycles. The zero-order valence-electron chi connectivity index (χ0n) is 16.4. The third-order valence-corrected chi connectivity index (χ3v) is 7.11. The maximum atomic E-state index is 11.1. The van der Waals surface area contributed by atoms with E-state index in [4.69, 9.17) is 0 Å². The first-order valence-corrected chi connectivity index (χ1v) is 10.4. The Balaban J connectivity index is 0.00000205. The van der Waals surface area contributed by atoms with Crippen LogP contribution in [-0.2, 0) is 5.41 Å². The molecule has 2 N–H and O–H groups in total. The number of aliphatic hydroxyl groups is 1. The monoisotopic (exact) mass is 405 g/mol. The van der Waals surface area contributed by atoms with Gasteiger partial charge >= 0.3 is 0 Å². The lowest BCUT2D eigenvalue weighted by atomic mass is 9.53. The minimum Gasteiger partial charge on any atom is -0.378 e. The summed E-state index contributed by atoms with van der Waals surface area (Å²) in [6.45, 7) is 0.868. The van der Waals surface area contributed by atoms with E-state index in [1.165, 1.54) is 16.7 Å². The summed E-state index contributed by atoms with van der Waals surface area (Å²) in [6.07, 6.45) is 1.68. The van der Waals surface area contributed by atoms with Crippen LogP contribution in [-0.4, -0.2) is 17.9 Å². The van der Waals surface area contributed by atoms with Gasteiger partial charge in [0.05, 0.1) is 0 Å². The number of aliphatic hydroxyl groups excluding tert-OH is 1. The lowest BCUT2D eigenvalue weighted by Crippen LogP contribution is -2.49. The normalized spacial score (nSPS) is 27.6. The molecule has 0 radical (unpaired) electrons. The number of halogens is 1. The van der Waals surface area contributed by atoms with Crippen LogP contribution in [0.25, 0.3) is 0 Å². The lowest BCUT2D eigenvalue weighted by molar-refractivity contribution is 0.0319. The molecule has 29 heavy (non-hydrogen) atoms. The van der Waals surface area contributed by atoms with Crippen molar-refractivity contribution in [2.75, 3.05) is 6.54 Å². The molecule has 0 amide bonds. The minimum absolute atomic E-state index is 0. The van der Waals surface area contributed by atoms with E-state index in [9.17, 15) is 5.11 Å². The molecule has 0 spiro atoms. The van der Waals surface area contributed by atoms with E-state index < -0.39 is 6.23 Å². The summed E-state index contributed by atoms with van der Waals surface area (Å²) in [6, 6.07) is 32.6. The molecule has 3 aromatic rings. The van der Waals surface area contributed by atoms with Gasteiger partial charge < -0.3 is 5.11 Å². The number of nitrogens with one attached hydrogen (secondary N) is 1. The summed E-state index contributed by atoms with van der Waals surface area (Å²) < 4.78 is 0. The van der Waals surface area contributed by atoms with Gasteiger partial charge in [-0.3, -0.25) is 5.32 Å². The summed E-state index contributed by atoms with van der Waals surface area (Å²) in [5.74, 6) is 1.04. The minimum atomic E-state index is -0.489. The van der Waals surface area contributed by atoms with Gasteiger partial charge in [-0.15, -0.1) is 12.4 Å². The van der Waals surface area contributed by atoms with Gasteiger partial charge in [-0.25, -0.2) is 0 Å². The molecular weight excluding hydrogens is 378 g/mol. The molecule has 2 fully saturated rings. The highest BCUT2D eigenvalue weighted by molar-refractivity contribution is 5.85. The highest BCUT2D eigenvalue weighted by Gasteiger charge is 2.56. The Morgan fingerprint density at radius 2 is 1.28 bits per heavy atom. The molecule has 3 aromatic carbocycles. The first-order chi connectivity index (χ1) is 13.8. The fourth-order valence-electron chi connectivity index (χ4n) is 5.96. The molecule has 1 heterocycles. The molecular formula is C26H28ClNO. The van der Waals surface area contributed by atoms with E-state index in [-0.39, 0.29) is 23.7 Å². The van der Waals surface area contributed by atoms with Crippen molar-refractivity contribution in [1.82, 2.24) is 5.32 Å². The number of hydrogen-bond donors (Lipinski definition) is 2. The van der Waals surface area contributed by atoms with E-state index in [0.29, 0.717) is 11.8 Å². The maximum Gasteiger partial charge on any atom is 0.109 e. The van der Waals surface area contributed by atoms with E-state index in [1.807, 2.05) is 0 Å². The van der Waals surface area contributed by atoms with Crippen LogP contribution in [0.1, 0.15) is 35.4 Å². The van der Waals surface area contributed by atoms with Crippen molar-refractivity contribution in [1.29, 1.82) is 0 Å². The van der Waals surface area contributed by atoms with Gasteiger partial charge in [-0.05, 0) is 41.4 Å². The summed E-state index contributed by atoms with van der Waals surface area (Å²) >= 11 is 0. The molecule has 2 aliphatic rings. The molecule has 1 aliphatic heterocycles. The van der Waals surface area contributed by atoms with Crippen LogP contribution < -0.4 is 5.32 Å². The highest BCUT2D eigenvalue weighted by atomic mass is 35.5. The first-order valence-electron chi connectivity index (χ1n) is 10.4. The number of fused-ring (bicyclic) bond motifs is 1. The standard InChI is InChI=1S/C26H27NO.ClH/c28-25-24-23(18-27-25)22(19-10-4-1-5-11-19)16-17-26(24,20-12-6-2-7-13-20)21-14-8-3-9-15-21;/h1-15,22-25,27-28H,16-18H2;1H. The first kappa shape index (κ1) is 20.2. The Labute approximate surface area is 179 Å².